The average Bonchev–Trinajstić information content (AvgIpc) is 2.68. The van der Waals surface area contributed by atoms with Gasteiger partial charge in [0, 0.05) is 43.6 Å². The van der Waals surface area contributed by atoms with Crippen LogP contribution in [-0.4, -0.2) is 59.3 Å². The molecule has 26 heavy (non-hydrogen) atoms. The lowest BCUT2D eigenvalue weighted by atomic mass is 10.1. The highest BCUT2D eigenvalue weighted by Gasteiger charge is 2.19. The molecule has 3 rings (SSSR count). The standard InChI is InChI=1S/C19H23N5O2/c1-3-23-9-11-24(12-10-23)19-20-8-7-17(22-19)18(26)21-16-6-4-5-15(13-16)14(2)25/h4-8,13H,3,9-12H2,1-2H3,(H,21,26). The lowest BCUT2D eigenvalue weighted by molar-refractivity contribution is 0.100. The van der Waals surface area contributed by atoms with E-state index in [2.05, 4.69) is 32.0 Å². The SMILES string of the molecule is CCN1CCN(c2nccc(C(=O)Nc3cccc(C(C)=O)c3)n2)CC1. The molecule has 7 nitrogen and oxygen atoms in total. The summed E-state index contributed by atoms with van der Waals surface area (Å²) in [6, 6.07) is 8.46. The molecule has 7 heteroatoms. The monoisotopic (exact) mass is 353 g/mol. The number of amides is 1. The third-order valence-corrected chi connectivity index (χ3v) is 4.50. The van der Waals surface area contributed by atoms with Crippen molar-refractivity contribution in [2.24, 2.45) is 0 Å². The van der Waals surface area contributed by atoms with Crippen molar-refractivity contribution in [1.82, 2.24) is 14.9 Å². The Balaban J connectivity index is 1.70. The Labute approximate surface area is 153 Å². The van der Waals surface area contributed by atoms with Crippen LogP contribution in [0.15, 0.2) is 36.5 Å². The summed E-state index contributed by atoms with van der Waals surface area (Å²) >= 11 is 0. The van der Waals surface area contributed by atoms with E-state index < -0.39 is 0 Å². The number of piperazine rings is 1. The third-order valence-electron chi connectivity index (χ3n) is 4.50. The second-order valence-corrected chi connectivity index (χ2v) is 6.25. The molecule has 0 aliphatic carbocycles. The molecule has 1 aromatic carbocycles. The van der Waals surface area contributed by atoms with Crippen molar-refractivity contribution in [1.29, 1.82) is 0 Å². The molecule has 136 valence electrons. The number of carbonyl (C=O) groups is 2. The fraction of sp³-hybridized carbons (Fsp3) is 0.368. The van der Waals surface area contributed by atoms with Crippen LogP contribution in [0.5, 0.6) is 0 Å². The number of anilines is 2. The van der Waals surface area contributed by atoms with Crippen LogP contribution in [0.2, 0.25) is 0 Å². The molecule has 2 aromatic rings. The number of carbonyl (C=O) groups excluding carboxylic acids is 2. The van der Waals surface area contributed by atoms with E-state index in [1.54, 1.807) is 36.5 Å². The second-order valence-electron chi connectivity index (χ2n) is 6.25. The van der Waals surface area contributed by atoms with Crippen LogP contribution in [0, 0.1) is 0 Å². The van der Waals surface area contributed by atoms with Crippen molar-refractivity contribution in [2.45, 2.75) is 13.8 Å². The summed E-state index contributed by atoms with van der Waals surface area (Å²) in [4.78, 5) is 37.2. The van der Waals surface area contributed by atoms with Gasteiger partial charge in [-0.1, -0.05) is 19.1 Å². The Bertz CT molecular complexity index is 800. The van der Waals surface area contributed by atoms with Gasteiger partial charge in [-0.25, -0.2) is 9.97 Å². The summed E-state index contributed by atoms with van der Waals surface area (Å²) in [5.74, 6) is 0.212. The minimum atomic E-state index is -0.318. The molecular weight excluding hydrogens is 330 g/mol. The van der Waals surface area contributed by atoms with Crippen molar-refractivity contribution in [3.8, 4) is 0 Å². The Morgan fingerprint density at radius 1 is 1.15 bits per heavy atom. The largest absolute Gasteiger partial charge is 0.338 e. The van der Waals surface area contributed by atoms with Crippen LogP contribution < -0.4 is 10.2 Å². The number of ketones is 1. The Morgan fingerprint density at radius 2 is 1.92 bits per heavy atom. The van der Waals surface area contributed by atoms with Gasteiger partial charge in [-0.2, -0.15) is 0 Å². The van der Waals surface area contributed by atoms with Crippen molar-refractivity contribution in [2.75, 3.05) is 42.9 Å². The van der Waals surface area contributed by atoms with Gasteiger partial charge in [-0.05, 0) is 31.7 Å². The molecule has 1 fully saturated rings. The van der Waals surface area contributed by atoms with Gasteiger partial charge in [0.05, 0.1) is 0 Å². The zero-order valence-corrected chi connectivity index (χ0v) is 15.1. The molecule has 0 bridgehead atoms. The molecular formula is C19H23N5O2. The van der Waals surface area contributed by atoms with Crippen molar-refractivity contribution in [3.63, 3.8) is 0 Å². The maximum Gasteiger partial charge on any atom is 0.274 e. The van der Waals surface area contributed by atoms with Crippen LogP contribution in [0.1, 0.15) is 34.7 Å². The number of likely N-dealkylation sites (N-methyl/N-ethyl adjacent to an activating group) is 1. The normalized spacial score (nSPS) is 14.9. The average molecular weight is 353 g/mol. The molecule has 0 atom stereocenters. The fourth-order valence-electron chi connectivity index (χ4n) is 2.90. The van der Waals surface area contributed by atoms with E-state index in [9.17, 15) is 9.59 Å². The molecule has 1 N–H and O–H groups in total. The Morgan fingerprint density at radius 3 is 2.62 bits per heavy atom. The number of aromatic nitrogens is 2. The van der Waals surface area contributed by atoms with Crippen LogP contribution in [0.25, 0.3) is 0 Å². The van der Waals surface area contributed by atoms with Gasteiger partial charge >= 0.3 is 0 Å². The summed E-state index contributed by atoms with van der Waals surface area (Å²) in [7, 11) is 0. The number of benzene rings is 1. The second kappa shape index (κ2) is 8.05. The van der Waals surface area contributed by atoms with Crippen LogP contribution in [0.3, 0.4) is 0 Å². The molecule has 1 saturated heterocycles. The zero-order valence-electron chi connectivity index (χ0n) is 15.1. The molecule has 0 spiro atoms. The van der Waals surface area contributed by atoms with Crippen molar-refractivity contribution < 1.29 is 9.59 Å². The molecule has 1 aromatic heterocycles. The molecule has 0 saturated carbocycles. The van der Waals surface area contributed by atoms with Gasteiger partial charge < -0.3 is 15.1 Å². The topological polar surface area (TPSA) is 78.4 Å². The fourth-order valence-corrected chi connectivity index (χ4v) is 2.90. The first-order valence-corrected chi connectivity index (χ1v) is 8.79. The van der Waals surface area contributed by atoms with E-state index in [1.165, 1.54) is 6.92 Å². The third kappa shape index (κ3) is 4.23. The number of hydrogen-bond donors (Lipinski definition) is 1. The first-order chi connectivity index (χ1) is 12.6. The summed E-state index contributed by atoms with van der Waals surface area (Å²) in [5.41, 5.74) is 1.43. The highest BCUT2D eigenvalue weighted by Crippen LogP contribution is 2.14. The lowest BCUT2D eigenvalue weighted by Crippen LogP contribution is -2.46. The summed E-state index contributed by atoms with van der Waals surface area (Å²) in [6.07, 6.45) is 1.61. The van der Waals surface area contributed by atoms with Gasteiger partial charge in [0.1, 0.15) is 5.69 Å². The van der Waals surface area contributed by atoms with E-state index in [-0.39, 0.29) is 11.7 Å². The van der Waals surface area contributed by atoms with Crippen LogP contribution in [0.4, 0.5) is 11.6 Å². The maximum atomic E-state index is 12.5. The van der Waals surface area contributed by atoms with Crippen LogP contribution in [-0.2, 0) is 0 Å². The van der Waals surface area contributed by atoms with E-state index in [4.69, 9.17) is 0 Å². The van der Waals surface area contributed by atoms with Gasteiger partial charge in [0.25, 0.3) is 5.91 Å². The summed E-state index contributed by atoms with van der Waals surface area (Å²) in [6.45, 7) is 8.31. The van der Waals surface area contributed by atoms with Gasteiger partial charge in [0.15, 0.2) is 5.78 Å². The quantitative estimate of drug-likeness (QED) is 0.829. The van der Waals surface area contributed by atoms with E-state index >= 15 is 0 Å². The first kappa shape index (κ1) is 18.0. The summed E-state index contributed by atoms with van der Waals surface area (Å²) in [5, 5.41) is 2.79. The molecule has 1 aliphatic rings. The Hall–Kier alpha value is -2.80. The molecule has 0 unspecified atom stereocenters. The predicted octanol–water partition coefficient (Wildman–Crippen LogP) is 2.07. The smallest absolute Gasteiger partial charge is 0.274 e. The number of rotatable bonds is 5. The van der Waals surface area contributed by atoms with Gasteiger partial charge in [-0.15, -0.1) is 0 Å². The highest BCUT2D eigenvalue weighted by atomic mass is 16.2. The maximum absolute atomic E-state index is 12.5. The number of nitrogens with one attached hydrogen (secondary N) is 1. The predicted molar refractivity (Wildman–Crippen MR) is 101 cm³/mol. The van der Waals surface area contributed by atoms with Crippen LogP contribution >= 0.6 is 0 Å². The lowest BCUT2D eigenvalue weighted by Gasteiger charge is -2.34. The van der Waals surface area contributed by atoms with E-state index in [0.29, 0.717) is 22.9 Å². The number of hydrogen-bond acceptors (Lipinski definition) is 6. The number of Topliss-reactive ketones (excluding diaryl/α,β-unsaturated/α-hetero) is 1. The Kier molecular flexibility index (Phi) is 5.58. The summed E-state index contributed by atoms with van der Waals surface area (Å²) < 4.78 is 0. The van der Waals surface area contributed by atoms with Crippen molar-refractivity contribution >= 4 is 23.3 Å². The molecule has 1 amide bonds. The van der Waals surface area contributed by atoms with Gasteiger partial charge in [-0.3, -0.25) is 9.59 Å². The first-order valence-electron chi connectivity index (χ1n) is 8.79. The molecule has 1 aliphatic heterocycles. The van der Waals surface area contributed by atoms with Crippen molar-refractivity contribution in [3.05, 3.63) is 47.8 Å². The zero-order chi connectivity index (χ0) is 18.5. The highest BCUT2D eigenvalue weighted by molar-refractivity contribution is 6.04. The molecule has 2 heterocycles. The minimum Gasteiger partial charge on any atom is -0.338 e. The van der Waals surface area contributed by atoms with E-state index in [0.717, 1.165) is 32.7 Å². The van der Waals surface area contributed by atoms with E-state index in [1.807, 2.05) is 0 Å². The molecule has 0 radical (unpaired) electrons. The minimum absolute atomic E-state index is 0.0448. The number of nitrogens with zero attached hydrogens (tertiary/aromatic N) is 4. The van der Waals surface area contributed by atoms with Gasteiger partial charge in [0.2, 0.25) is 5.95 Å².